The molecular formula is C19H22N4O4S. The lowest BCUT2D eigenvalue weighted by Crippen LogP contribution is -2.51. The number of rotatable bonds is 3. The molecule has 0 N–H and O–H groups in total. The Morgan fingerprint density at radius 2 is 1.93 bits per heavy atom. The maximum Gasteiger partial charge on any atom is 0.289 e. The number of aromatic nitrogens is 2. The Morgan fingerprint density at radius 3 is 2.61 bits per heavy atom. The number of carbonyl (C=O) groups excluding carboxylic acids is 2. The molecule has 148 valence electrons. The van der Waals surface area contributed by atoms with E-state index >= 15 is 0 Å². The first kappa shape index (κ1) is 18.8. The van der Waals surface area contributed by atoms with Gasteiger partial charge < -0.3 is 14.2 Å². The molecule has 2 aliphatic heterocycles. The molecule has 2 amide bonds. The quantitative estimate of drug-likeness (QED) is 0.723. The van der Waals surface area contributed by atoms with Crippen molar-refractivity contribution < 1.29 is 14.0 Å². The van der Waals surface area contributed by atoms with E-state index in [1.54, 1.807) is 33.4 Å². The van der Waals surface area contributed by atoms with Crippen molar-refractivity contribution in [3.8, 4) is 0 Å². The average Bonchev–Trinajstić information content (AvgIpc) is 3.36. The summed E-state index contributed by atoms with van der Waals surface area (Å²) in [5.41, 5.74) is 1.32. The van der Waals surface area contributed by atoms with Crippen molar-refractivity contribution >= 4 is 23.6 Å². The molecule has 1 atom stereocenters. The molecule has 2 aromatic rings. The maximum atomic E-state index is 12.8. The largest absolute Gasteiger partial charge is 0.459 e. The molecule has 0 radical (unpaired) electrons. The monoisotopic (exact) mass is 402 g/mol. The van der Waals surface area contributed by atoms with E-state index in [0.717, 1.165) is 5.69 Å². The number of amides is 2. The minimum atomic E-state index is -0.172. The van der Waals surface area contributed by atoms with Gasteiger partial charge in [0.15, 0.2) is 10.9 Å². The van der Waals surface area contributed by atoms with Gasteiger partial charge in [-0.15, -0.1) is 0 Å². The molecule has 1 unspecified atom stereocenters. The summed E-state index contributed by atoms with van der Waals surface area (Å²) in [5, 5.41) is 0.694. The Morgan fingerprint density at radius 1 is 1.21 bits per heavy atom. The summed E-state index contributed by atoms with van der Waals surface area (Å²) in [6.45, 7) is 5.52. The first-order valence-corrected chi connectivity index (χ1v) is 10.3. The van der Waals surface area contributed by atoms with E-state index in [1.165, 1.54) is 18.0 Å². The number of aryl methyl sites for hydroxylation is 1. The van der Waals surface area contributed by atoms with Crippen LogP contribution < -0.4 is 5.56 Å². The molecule has 0 bridgehead atoms. The summed E-state index contributed by atoms with van der Waals surface area (Å²) < 4.78 is 6.83. The second-order valence-electron chi connectivity index (χ2n) is 7.10. The van der Waals surface area contributed by atoms with Gasteiger partial charge in [-0.05, 0) is 26.0 Å². The van der Waals surface area contributed by atoms with Crippen molar-refractivity contribution in [3.05, 3.63) is 45.8 Å². The van der Waals surface area contributed by atoms with E-state index in [-0.39, 0.29) is 29.8 Å². The van der Waals surface area contributed by atoms with Crippen molar-refractivity contribution in [2.24, 2.45) is 0 Å². The standard InChI is InChI=1S/C19H22N4O4S/c1-12-13(2)20-19-23(17(12)25)14(11-28-19)10-16(24)21-5-7-22(8-6-21)18(26)15-4-3-9-27-15/h3-4,9,14H,5-8,10-11H2,1-2H3. The first-order chi connectivity index (χ1) is 13.5. The van der Waals surface area contributed by atoms with Gasteiger partial charge in [0.1, 0.15) is 0 Å². The van der Waals surface area contributed by atoms with Crippen LogP contribution in [0.3, 0.4) is 0 Å². The van der Waals surface area contributed by atoms with Crippen molar-refractivity contribution in [2.45, 2.75) is 31.5 Å². The zero-order chi connectivity index (χ0) is 19.8. The molecule has 1 fully saturated rings. The molecule has 8 nitrogen and oxygen atoms in total. The number of fused-ring (bicyclic) bond motifs is 1. The van der Waals surface area contributed by atoms with Gasteiger partial charge in [-0.25, -0.2) is 4.98 Å². The highest BCUT2D eigenvalue weighted by molar-refractivity contribution is 7.99. The maximum absolute atomic E-state index is 12.8. The number of furan rings is 1. The summed E-state index contributed by atoms with van der Waals surface area (Å²) in [5.74, 6) is 0.848. The Labute approximate surface area is 166 Å². The minimum Gasteiger partial charge on any atom is -0.459 e. The van der Waals surface area contributed by atoms with Crippen molar-refractivity contribution in [1.82, 2.24) is 19.4 Å². The Kier molecular flexibility index (Phi) is 5.01. The second kappa shape index (κ2) is 7.46. The van der Waals surface area contributed by atoms with Gasteiger partial charge in [-0.2, -0.15) is 0 Å². The summed E-state index contributed by atoms with van der Waals surface area (Å²) in [6.07, 6.45) is 1.75. The van der Waals surface area contributed by atoms with Crippen LogP contribution in [0, 0.1) is 13.8 Å². The van der Waals surface area contributed by atoms with Crippen LogP contribution in [0.2, 0.25) is 0 Å². The number of nitrogens with zero attached hydrogens (tertiary/aromatic N) is 4. The smallest absolute Gasteiger partial charge is 0.289 e. The Hall–Kier alpha value is -2.55. The van der Waals surface area contributed by atoms with Gasteiger partial charge in [0.25, 0.3) is 11.5 Å². The van der Waals surface area contributed by atoms with Crippen molar-refractivity contribution in [2.75, 3.05) is 31.9 Å². The van der Waals surface area contributed by atoms with Gasteiger partial charge >= 0.3 is 0 Å². The van der Waals surface area contributed by atoms with E-state index in [1.807, 2.05) is 6.92 Å². The van der Waals surface area contributed by atoms with Crippen LogP contribution in [0.15, 0.2) is 32.8 Å². The third-order valence-electron chi connectivity index (χ3n) is 5.38. The lowest BCUT2D eigenvalue weighted by Gasteiger charge is -2.34. The van der Waals surface area contributed by atoms with Gasteiger partial charge in [0.05, 0.1) is 12.3 Å². The van der Waals surface area contributed by atoms with Crippen LogP contribution in [0.5, 0.6) is 0 Å². The molecule has 1 saturated heterocycles. The molecule has 0 aromatic carbocycles. The average molecular weight is 402 g/mol. The topological polar surface area (TPSA) is 88.7 Å². The molecule has 4 heterocycles. The molecular weight excluding hydrogens is 380 g/mol. The highest BCUT2D eigenvalue weighted by Gasteiger charge is 2.32. The number of carbonyl (C=O) groups is 2. The Balaban J connectivity index is 1.38. The number of hydrogen-bond acceptors (Lipinski definition) is 6. The van der Waals surface area contributed by atoms with Crippen LogP contribution in [0.1, 0.15) is 34.3 Å². The predicted octanol–water partition coefficient (Wildman–Crippen LogP) is 1.47. The minimum absolute atomic E-state index is 0.00803. The number of piperazine rings is 1. The van der Waals surface area contributed by atoms with E-state index in [9.17, 15) is 14.4 Å². The Bertz CT molecular complexity index is 961. The zero-order valence-electron chi connectivity index (χ0n) is 15.9. The van der Waals surface area contributed by atoms with Crippen LogP contribution >= 0.6 is 11.8 Å². The number of hydrogen-bond donors (Lipinski definition) is 0. The molecule has 0 saturated carbocycles. The third kappa shape index (κ3) is 3.34. The molecule has 0 spiro atoms. The summed E-state index contributed by atoms with van der Waals surface area (Å²) >= 11 is 1.52. The fourth-order valence-corrected chi connectivity index (χ4v) is 4.75. The SMILES string of the molecule is Cc1nc2n(c(=O)c1C)C(CC(=O)N1CCN(C(=O)c3ccco3)CC1)CS2. The normalized spacial score (nSPS) is 19.0. The number of thioether (sulfide) groups is 1. The van der Waals surface area contributed by atoms with Gasteiger partial charge in [-0.1, -0.05) is 11.8 Å². The summed E-state index contributed by atoms with van der Waals surface area (Å²) in [7, 11) is 0. The summed E-state index contributed by atoms with van der Waals surface area (Å²) in [4.78, 5) is 45.7. The fraction of sp³-hybridized carbons (Fsp3) is 0.474. The van der Waals surface area contributed by atoms with Gasteiger partial charge in [0, 0.05) is 49.6 Å². The highest BCUT2D eigenvalue weighted by Crippen LogP contribution is 2.33. The molecule has 9 heteroatoms. The lowest BCUT2D eigenvalue weighted by atomic mass is 10.1. The fourth-order valence-electron chi connectivity index (χ4n) is 3.57. The third-order valence-corrected chi connectivity index (χ3v) is 6.48. The van der Waals surface area contributed by atoms with E-state index in [2.05, 4.69) is 4.98 Å². The van der Waals surface area contributed by atoms with E-state index in [0.29, 0.717) is 48.4 Å². The van der Waals surface area contributed by atoms with Crippen LogP contribution in [0.4, 0.5) is 0 Å². The van der Waals surface area contributed by atoms with Crippen molar-refractivity contribution in [1.29, 1.82) is 0 Å². The van der Waals surface area contributed by atoms with Crippen LogP contribution in [0.25, 0.3) is 0 Å². The molecule has 2 aliphatic rings. The van der Waals surface area contributed by atoms with Gasteiger partial charge in [0.2, 0.25) is 5.91 Å². The molecule has 2 aromatic heterocycles. The lowest BCUT2D eigenvalue weighted by molar-refractivity contribution is -0.133. The molecule has 0 aliphatic carbocycles. The van der Waals surface area contributed by atoms with Gasteiger partial charge in [-0.3, -0.25) is 19.0 Å². The molecule has 4 rings (SSSR count). The van der Waals surface area contributed by atoms with Crippen LogP contribution in [-0.2, 0) is 4.79 Å². The van der Waals surface area contributed by atoms with Crippen LogP contribution in [-0.4, -0.2) is 63.1 Å². The first-order valence-electron chi connectivity index (χ1n) is 9.29. The second-order valence-corrected chi connectivity index (χ2v) is 8.09. The van der Waals surface area contributed by atoms with E-state index in [4.69, 9.17) is 4.42 Å². The molecule has 28 heavy (non-hydrogen) atoms. The highest BCUT2D eigenvalue weighted by atomic mass is 32.2. The predicted molar refractivity (Wildman–Crippen MR) is 104 cm³/mol. The van der Waals surface area contributed by atoms with Crippen molar-refractivity contribution in [3.63, 3.8) is 0 Å². The summed E-state index contributed by atoms with van der Waals surface area (Å²) in [6, 6.07) is 3.16. The van der Waals surface area contributed by atoms with E-state index < -0.39 is 0 Å². The zero-order valence-corrected chi connectivity index (χ0v) is 16.7.